The fourth-order valence-corrected chi connectivity index (χ4v) is 1.11. The number of hydrogen-bond acceptors (Lipinski definition) is 3. The molecule has 0 aliphatic carbocycles. The third-order valence-electron chi connectivity index (χ3n) is 1.78. The van der Waals surface area contributed by atoms with Crippen LogP contribution < -0.4 is 0 Å². The van der Waals surface area contributed by atoms with Crippen LogP contribution >= 0.6 is 0 Å². The van der Waals surface area contributed by atoms with Gasteiger partial charge in [0.05, 0.1) is 5.69 Å². The lowest BCUT2D eigenvalue weighted by molar-refractivity contribution is -0.514. The highest BCUT2D eigenvalue weighted by Crippen LogP contribution is 2.16. The first kappa shape index (κ1) is 9.44. The van der Waals surface area contributed by atoms with Crippen molar-refractivity contribution in [2.45, 2.75) is 19.4 Å². The Bertz CT molecular complexity index is 305. The van der Waals surface area contributed by atoms with Crippen LogP contribution in [0.25, 0.3) is 0 Å². The normalized spacial score (nSPS) is 12.4. The Labute approximate surface area is 74.9 Å². The van der Waals surface area contributed by atoms with E-state index in [9.17, 15) is 14.9 Å². The van der Waals surface area contributed by atoms with E-state index in [1.165, 1.54) is 0 Å². The average Bonchev–Trinajstić information content (AvgIpc) is 2.56. The third kappa shape index (κ3) is 1.93. The van der Waals surface area contributed by atoms with Gasteiger partial charge in [-0.05, 0) is 12.1 Å². The first-order chi connectivity index (χ1) is 6.16. The SMILES string of the molecule is CCC(=O)C(c1ccc[nH]1)[N+](=O)[O-]. The summed E-state index contributed by atoms with van der Waals surface area (Å²) in [5, 5.41) is 10.6. The number of Topliss-reactive ketones (excluding diaryl/α,β-unsaturated/α-hetero) is 1. The second-order valence-electron chi connectivity index (χ2n) is 2.63. The molecule has 70 valence electrons. The molecule has 0 spiro atoms. The summed E-state index contributed by atoms with van der Waals surface area (Å²) < 4.78 is 0. The molecule has 1 heterocycles. The van der Waals surface area contributed by atoms with Gasteiger partial charge < -0.3 is 4.98 Å². The highest BCUT2D eigenvalue weighted by atomic mass is 16.6. The van der Waals surface area contributed by atoms with Crippen molar-refractivity contribution in [1.82, 2.24) is 4.98 Å². The molecule has 1 atom stereocenters. The van der Waals surface area contributed by atoms with E-state index >= 15 is 0 Å². The Hall–Kier alpha value is -1.65. The molecule has 1 aromatic rings. The minimum Gasteiger partial charge on any atom is -0.359 e. The number of H-pyrrole nitrogens is 1. The van der Waals surface area contributed by atoms with Crippen LogP contribution in [-0.4, -0.2) is 15.7 Å². The summed E-state index contributed by atoms with van der Waals surface area (Å²) >= 11 is 0. The smallest absolute Gasteiger partial charge is 0.309 e. The van der Waals surface area contributed by atoms with Crippen LogP contribution in [0.5, 0.6) is 0 Å². The van der Waals surface area contributed by atoms with E-state index in [1.807, 2.05) is 0 Å². The zero-order valence-corrected chi connectivity index (χ0v) is 7.19. The Morgan fingerprint density at radius 1 is 1.77 bits per heavy atom. The summed E-state index contributed by atoms with van der Waals surface area (Å²) in [5.74, 6) is -0.382. The first-order valence-corrected chi connectivity index (χ1v) is 3.96. The minimum absolute atomic E-state index is 0.171. The van der Waals surface area contributed by atoms with Crippen LogP contribution in [0.2, 0.25) is 0 Å². The number of nitrogens with one attached hydrogen (secondary N) is 1. The summed E-state index contributed by atoms with van der Waals surface area (Å²) in [6, 6.07) is 1.94. The number of nitrogens with zero attached hydrogens (tertiary/aromatic N) is 1. The molecule has 0 radical (unpaired) electrons. The van der Waals surface area contributed by atoms with Gasteiger partial charge in [-0.2, -0.15) is 0 Å². The van der Waals surface area contributed by atoms with Crippen molar-refractivity contribution in [3.8, 4) is 0 Å². The maximum atomic E-state index is 11.2. The molecular formula is C8H10N2O3. The van der Waals surface area contributed by atoms with Gasteiger partial charge in [-0.15, -0.1) is 0 Å². The van der Waals surface area contributed by atoms with E-state index in [4.69, 9.17) is 0 Å². The van der Waals surface area contributed by atoms with Gasteiger partial charge >= 0.3 is 6.04 Å². The molecule has 0 bridgehead atoms. The number of aromatic nitrogens is 1. The first-order valence-electron chi connectivity index (χ1n) is 3.96. The minimum atomic E-state index is -1.24. The lowest BCUT2D eigenvalue weighted by Gasteiger charge is -2.04. The molecule has 0 saturated heterocycles. The summed E-state index contributed by atoms with van der Waals surface area (Å²) in [7, 11) is 0. The standard InChI is InChI=1S/C8H10N2O3/c1-2-7(11)8(10(12)13)6-4-3-5-9-6/h3-5,8-9H,2H2,1H3. The summed E-state index contributed by atoms with van der Waals surface area (Å²) in [6.07, 6.45) is 1.74. The second-order valence-corrected chi connectivity index (χ2v) is 2.63. The van der Waals surface area contributed by atoms with Crippen LogP contribution in [0.1, 0.15) is 25.1 Å². The number of rotatable bonds is 4. The fourth-order valence-electron chi connectivity index (χ4n) is 1.11. The summed E-state index contributed by atoms with van der Waals surface area (Å²) in [4.78, 5) is 23.9. The Morgan fingerprint density at radius 3 is 2.85 bits per heavy atom. The lowest BCUT2D eigenvalue weighted by atomic mass is 10.1. The Balaban J connectivity index is 2.93. The zero-order valence-electron chi connectivity index (χ0n) is 7.19. The second kappa shape index (κ2) is 3.84. The topological polar surface area (TPSA) is 76.0 Å². The van der Waals surface area contributed by atoms with E-state index in [2.05, 4.69) is 4.98 Å². The highest BCUT2D eigenvalue weighted by molar-refractivity contribution is 5.83. The molecule has 5 heteroatoms. The molecule has 5 nitrogen and oxygen atoms in total. The van der Waals surface area contributed by atoms with E-state index < -0.39 is 11.0 Å². The fraction of sp³-hybridized carbons (Fsp3) is 0.375. The van der Waals surface area contributed by atoms with Crippen LogP contribution in [-0.2, 0) is 4.79 Å². The van der Waals surface area contributed by atoms with Gasteiger partial charge in [0.25, 0.3) is 0 Å². The number of hydrogen-bond donors (Lipinski definition) is 1. The molecule has 0 aromatic carbocycles. The van der Waals surface area contributed by atoms with Crippen LogP contribution in [0, 0.1) is 10.1 Å². The predicted molar refractivity (Wildman–Crippen MR) is 45.8 cm³/mol. The number of aromatic amines is 1. The highest BCUT2D eigenvalue weighted by Gasteiger charge is 2.30. The van der Waals surface area contributed by atoms with Crippen molar-refractivity contribution in [3.63, 3.8) is 0 Å². The zero-order chi connectivity index (χ0) is 9.84. The molecule has 1 unspecified atom stereocenters. The van der Waals surface area contributed by atoms with Crippen molar-refractivity contribution < 1.29 is 9.72 Å². The van der Waals surface area contributed by atoms with E-state index in [1.54, 1.807) is 25.3 Å². The van der Waals surface area contributed by atoms with Crippen molar-refractivity contribution >= 4 is 5.78 Å². The third-order valence-corrected chi connectivity index (χ3v) is 1.78. The Kier molecular flexibility index (Phi) is 2.79. The van der Waals surface area contributed by atoms with E-state index in [-0.39, 0.29) is 12.2 Å². The molecule has 0 aliphatic rings. The van der Waals surface area contributed by atoms with E-state index in [0.29, 0.717) is 5.69 Å². The quantitative estimate of drug-likeness (QED) is 0.563. The molecule has 1 rings (SSSR count). The van der Waals surface area contributed by atoms with Gasteiger partial charge in [-0.25, -0.2) is 0 Å². The van der Waals surface area contributed by atoms with Crippen LogP contribution in [0.3, 0.4) is 0 Å². The van der Waals surface area contributed by atoms with Crippen LogP contribution in [0.4, 0.5) is 0 Å². The molecular weight excluding hydrogens is 172 g/mol. The van der Waals surface area contributed by atoms with Crippen molar-refractivity contribution in [2.75, 3.05) is 0 Å². The Morgan fingerprint density at radius 2 is 2.46 bits per heavy atom. The summed E-state index contributed by atoms with van der Waals surface area (Å²) in [6.45, 7) is 1.61. The van der Waals surface area contributed by atoms with Gasteiger partial charge in [-0.1, -0.05) is 6.92 Å². The molecule has 0 fully saturated rings. The van der Waals surface area contributed by atoms with Gasteiger partial charge in [0, 0.05) is 17.5 Å². The number of ketones is 1. The maximum Gasteiger partial charge on any atom is 0.309 e. The van der Waals surface area contributed by atoms with Crippen molar-refractivity contribution in [2.24, 2.45) is 0 Å². The number of carbonyl (C=O) groups is 1. The average molecular weight is 182 g/mol. The number of carbonyl (C=O) groups excluding carboxylic acids is 1. The van der Waals surface area contributed by atoms with Gasteiger partial charge in [-0.3, -0.25) is 14.9 Å². The summed E-state index contributed by atoms with van der Waals surface area (Å²) in [5.41, 5.74) is 0.344. The molecule has 13 heavy (non-hydrogen) atoms. The van der Waals surface area contributed by atoms with Gasteiger partial charge in [0.15, 0.2) is 0 Å². The maximum absolute atomic E-state index is 11.2. The van der Waals surface area contributed by atoms with Crippen molar-refractivity contribution in [1.29, 1.82) is 0 Å². The van der Waals surface area contributed by atoms with Gasteiger partial charge in [0.1, 0.15) is 0 Å². The van der Waals surface area contributed by atoms with E-state index in [0.717, 1.165) is 0 Å². The molecule has 0 aliphatic heterocycles. The largest absolute Gasteiger partial charge is 0.359 e. The van der Waals surface area contributed by atoms with Gasteiger partial charge in [0.2, 0.25) is 5.78 Å². The monoisotopic (exact) mass is 182 g/mol. The lowest BCUT2D eigenvalue weighted by Crippen LogP contribution is -2.20. The molecule has 0 amide bonds. The molecule has 0 saturated carbocycles. The molecule has 1 N–H and O–H groups in total. The predicted octanol–water partition coefficient (Wildman–Crippen LogP) is 1.31. The van der Waals surface area contributed by atoms with Crippen molar-refractivity contribution in [3.05, 3.63) is 34.1 Å². The molecule has 1 aromatic heterocycles. The number of nitro groups is 1. The van der Waals surface area contributed by atoms with Crippen LogP contribution in [0.15, 0.2) is 18.3 Å².